The summed E-state index contributed by atoms with van der Waals surface area (Å²) < 4.78 is 5.30. The highest BCUT2D eigenvalue weighted by Crippen LogP contribution is 2.41. The molecule has 1 saturated heterocycles. The smallest absolute Gasteiger partial charge is 0.339 e. The zero-order valence-corrected chi connectivity index (χ0v) is 24.8. The quantitative estimate of drug-likeness (QED) is 0.223. The van der Waals surface area contributed by atoms with Crippen molar-refractivity contribution in [2.75, 3.05) is 6.54 Å². The summed E-state index contributed by atoms with van der Waals surface area (Å²) in [6, 6.07) is 24.1. The number of carbonyl (C=O) groups is 3. The zero-order chi connectivity index (χ0) is 31.0. The summed E-state index contributed by atoms with van der Waals surface area (Å²) in [6.07, 6.45) is 2.89. The van der Waals surface area contributed by atoms with Crippen LogP contribution in [-0.2, 0) is 39.4 Å². The molecule has 1 heterocycles. The second-order valence-electron chi connectivity index (χ2n) is 12.2. The van der Waals surface area contributed by atoms with Crippen molar-refractivity contribution in [2.24, 2.45) is 5.92 Å². The molecule has 3 N–H and O–H groups in total. The van der Waals surface area contributed by atoms with Crippen molar-refractivity contribution in [2.45, 2.75) is 57.4 Å². The average molecular weight is 593 g/mol. The Morgan fingerprint density at radius 1 is 0.977 bits per heavy atom. The van der Waals surface area contributed by atoms with E-state index in [4.69, 9.17) is 4.74 Å². The van der Waals surface area contributed by atoms with Gasteiger partial charge >= 0.3 is 18.0 Å². The predicted octanol–water partition coefficient (Wildman–Crippen LogP) is 5.43. The largest absolute Gasteiger partial charge is 0.480 e. The second-order valence-corrected chi connectivity index (χ2v) is 12.2. The first kappa shape index (κ1) is 29.4. The van der Waals surface area contributed by atoms with Crippen LogP contribution in [0.3, 0.4) is 0 Å². The lowest BCUT2D eigenvalue weighted by molar-refractivity contribution is -0.294. The summed E-state index contributed by atoms with van der Waals surface area (Å²) in [7, 11) is 0. The molecule has 2 aliphatic rings. The lowest BCUT2D eigenvalue weighted by atomic mass is 9.89. The Morgan fingerprint density at radius 3 is 2.43 bits per heavy atom. The zero-order valence-electron chi connectivity index (χ0n) is 24.8. The number of carbonyl (C=O) groups excluding carboxylic acids is 2. The predicted molar refractivity (Wildman–Crippen MR) is 167 cm³/mol. The number of aliphatic hydroxyl groups is 1. The van der Waals surface area contributed by atoms with Crippen molar-refractivity contribution in [3.63, 3.8) is 0 Å². The Hall–Kier alpha value is -4.69. The highest BCUT2D eigenvalue weighted by atomic mass is 16.7. The molecule has 3 atom stereocenters. The number of hydrogen-bond donors (Lipinski definition) is 3. The van der Waals surface area contributed by atoms with Crippen LogP contribution in [0.15, 0.2) is 84.9 Å². The first-order valence-electron chi connectivity index (χ1n) is 15.1. The summed E-state index contributed by atoms with van der Waals surface area (Å²) in [4.78, 5) is 40.0. The maximum atomic E-state index is 13.7. The monoisotopic (exact) mass is 592 g/mol. The number of carboxylic acids is 1. The van der Waals surface area contributed by atoms with Gasteiger partial charge in [-0.2, -0.15) is 0 Å². The number of benzene rings is 4. The molecule has 44 heavy (non-hydrogen) atoms. The summed E-state index contributed by atoms with van der Waals surface area (Å²) in [5, 5.41) is 26.5. The number of esters is 1. The molecule has 8 heteroatoms. The fourth-order valence-corrected chi connectivity index (χ4v) is 6.38. The highest BCUT2D eigenvalue weighted by Gasteiger charge is 2.61. The minimum atomic E-state index is -2.02. The Kier molecular flexibility index (Phi) is 7.86. The average Bonchev–Trinajstić information content (AvgIpc) is 3.48. The first-order chi connectivity index (χ1) is 21.1. The molecule has 4 aromatic carbocycles. The van der Waals surface area contributed by atoms with E-state index in [1.807, 2.05) is 68.4 Å². The van der Waals surface area contributed by atoms with Crippen molar-refractivity contribution >= 4 is 28.7 Å². The van der Waals surface area contributed by atoms with Crippen LogP contribution < -0.4 is 5.32 Å². The van der Waals surface area contributed by atoms with Crippen LogP contribution in [0.25, 0.3) is 21.9 Å². The van der Waals surface area contributed by atoms with Gasteiger partial charge < -0.3 is 25.2 Å². The molecule has 226 valence electrons. The van der Waals surface area contributed by atoms with Gasteiger partial charge in [-0.25, -0.2) is 14.4 Å². The third-order valence-corrected chi connectivity index (χ3v) is 8.59. The molecule has 0 radical (unpaired) electrons. The van der Waals surface area contributed by atoms with Gasteiger partial charge in [0.1, 0.15) is 6.04 Å². The molecule has 2 unspecified atom stereocenters. The van der Waals surface area contributed by atoms with E-state index in [2.05, 4.69) is 29.6 Å². The number of nitrogens with one attached hydrogen (secondary N) is 1. The molecular weight excluding hydrogens is 556 g/mol. The van der Waals surface area contributed by atoms with Crippen LogP contribution in [0.2, 0.25) is 0 Å². The Morgan fingerprint density at radius 2 is 1.70 bits per heavy atom. The van der Waals surface area contributed by atoms with Gasteiger partial charge in [-0.05, 0) is 69.8 Å². The summed E-state index contributed by atoms with van der Waals surface area (Å²) >= 11 is 0. The molecule has 1 fully saturated rings. The van der Waals surface area contributed by atoms with Gasteiger partial charge in [0.25, 0.3) is 5.79 Å². The van der Waals surface area contributed by atoms with E-state index >= 15 is 0 Å². The van der Waals surface area contributed by atoms with Crippen molar-refractivity contribution < 1.29 is 29.3 Å². The normalized spacial score (nSPS) is 19.6. The van der Waals surface area contributed by atoms with Gasteiger partial charge in [0.05, 0.1) is 0 Å². The second kappa shape index (κ2) is 11.8. The maximum absolute atomic E-state index is 13.7. The number of nitrogens with zero attached hydrogens (tertiary/aromatic N) is 1. The van der Waals surface area contributed by atoms with Crippen molar-refractivity contribution in [1.82, 2.24) is 10.2 Å². The third-order valence-electron chi connectivity index (χ3n) is 8.59. The van der Waals surface area contributed by atoms with Gasteiger partial charge in [-0.1, -0.05) is 92.7 Å². The number of rotatable bonds is 9. The number of urea groups is 1. The van der Waals surface area contributed by atoms with E-state index < -0.39 is 35.8 Å². The van der Waals surface area contributed by atoms with E-state index in [0.717, 1.165) is 52.3 Å². The van der Waals surface area contributed by atoms with E-state index in [-0.39, 0.29) is 18.9 Å². The van der Waals surface area contributed by atoms with Crippen LogP contribution in [0.5, 0.6) is 0 Å². The van der Waals surface area contributed by atoms with Gasteiger partial charge in [-0.3, -0.25) is 0 Å². The summed E-state index contributed by atoms with van der Waals surface area (Å²) in [5.41, 5.74) is 5.50. The molecule has 0 spiro atoms. The fourth-order valence-electron chi connectivity index (χ4n) is 6.38. The van der Waals surface area contributed by atoms with Gasteiger partial charge in [0, 0.05) is 18.5 Å². The molecule has 1 aliphatic carbocycles. The standard InChI is InChI=1S/C36H36N2O6/c1-22(2)21-38(32-34(41)44-36(32,43)28-18-17-24-8-5-10-27(24)20-28)35(42)37-31(33(39)40)19-23-13-15-26(16-14-23)30-12-6-9-25-7-3-4-11-29(25)30/h3-4,6-7,9,11-18,20,22,31-32,43H,5,8,10,19,21H2,1-2H3,(H,37,42)(H,39,40)/t31-,32?,36?/m0/s1. The lowest BCUT2D eigenvalue weighted by Crippen LogP contribution is -2.70. The van der Waals surface area contributed by atoms with E-state index in [1.165, 1.54) is 10.5 Å². The SMILES string of the molecule is CC(C)CN(C(=O)N[C@@H](Cc1ccc(-c2cccc3ccccc23)cc1)C(=O)O)C1C(=O)OC1(O)c1ccc2c(c1)CCC2. The molecule has 6 rings (SSSR count). The number of cyclic esters (lactones) is 1. The maximum Gasteiger partial charge on any atom is 0.339 e. The Balaban J connectivity index is 1.21. The van der Waals surface area contributed by atoms with Crippen molar-refractivity contribution in [1.29, 1.82) is 0 Å². The van der Waals surface area contributed by atoms with Crippen LogP contribution in [-0.4, -0.2) is 51.7 Å². The third kappa shape index (κ3) is 5.53. The van der Waals surface area contributed by atoms with Gasteiger partial charge in [-0.15, -0.1) is 0 Å². The van der Waals surface area contributed by atoms with Crippen LogP contribution >= 0.6 is 0 Å². The van der Waals surface area contributed by atoms with Gasteiger partial charge in [0.2, 0.25) is 6.04 Å². The number of fused-ring (bicyclic) bond motifs is 2. The number of hydrogen-bond acceptors (Lipinski definition) is 5. The highest BCUT2D eigenvalue weighted by molar-refractivity contribution is 5.96. The molecule has 8 nitrogen and oxygen atoms in total. The summed E-state index contributed by atoms with van der Waals surface area (Å²) in [5.74, 6) is -4.02. The van der Waals surface area contributed by atoms with Crippen LogP contribution in [0, 0.1) is 5.92 Å². The number of amides is 2. The minimum absolute atomic E-state index is 0.0383. The van der Waals surface area contributed by atoms with Crippen molar-refractivity contribution in [3.05, 3.63) is 107 Å². The lowest BCUT2D eigenvalue weighted by Gasteiger charge is -2.48. The van der Waals surface area contributed by atoms with Crippen LogP contribution in [0.1, 0.15) is 42.5 Å². The molecular formula is C36H36N2O6. The summed E-state index contributed by atoms with van der Waals surface area (Å²) in [6.45, 7) is 3.88. The molecule has 1 aliphatic heterocycles. The number of aliphatic carboxylic acids is 1. The first-order valence-corrected chi connectivity index (χ1v) is 15.1. The topological polar surface area (TPSA) is 116 Å². The molecule has 2 amide bonds. The molecule has 4 aromatic rings. The Bertz CT molecular complexity index is 1730. The van der Waals surface area contributed by atoms with Gasteiger partial charge in [0.15, 0.2) is 0 Å². The van der Waals surface area contributed by atoms with E-state index in [9.17, 15) is 24.6 Å². The molecule has 0 saturated carbocycles. The minimum Gasteiger partial charge on any atom is -0.480 e. The number of ether oxygens (including phenoxy) is 1. The fraction of sp³-hybridized carbons (Fsp3) is 0.306. The number of carboxylic acid groups (broad SMARTS) is 1. The van der Waals surface area contributed by atoms with E-state index in [1.54, 1.807) is 6.07 Å². The molecule has 0 bridgehead atoms. The van der Waals surface area contributed by atoms with Crippen LogP contribution in [0.4, 0.5) is 4.79 Å². The van der Waals surface area contributed by atoms with Crippen molar-refractivity contribution in [3.8, 4) is 11.1 Å². The molecule has 0 aromatic heterocycles. The Labute approximate surface area is 256 Å². The van der Waals surface area contributed by atoms with E-state index in [0.29, 0.717) is 5.56 Å². The number of aryl methyl sites for hydroxylation is 2.